The topological polar surface area (TPSA) is 9.23 Å². The van der Waals surface area contributed by atoms with Crippen LogP contribution in [0.3, 0.4) is 0 Å². The van der Waals surface area contributed by atoms with Gasteiger partial charge in [0, 0.05) is 0 Å². The van der Waals surface area contributed by atoms with Gasteiger partial charge in [0.1, 0.15) is 11.6 Å². The average molecular weight is 839 g/mol. The van der Waals surface area contributed by atoms with Gasteiger partial charge in [-0.3, -0.25) is 0 Å². The minimum atomic E-state index is -4.85. The number of fused-ring (bicyclic) bond motifs is 8. The third-order valence-electron chi connectivity index (χ3n) is 12.0. The molecule has 11 aromatic rings. The Morgan fingerprint density at radius 3 is 1.37 bits per heavy atom. The molecule has 0 aliphatic heterocycles. The van der Waals surface area contributed by atoms with E-state index in [1.807, 2.05) is 84.9 Å². The average Bonchev–Trinajstić information content (AvgIpc) is 3.28. The summed E-state index contributed by atoms with van der Waals surface area (Å²) >= 11 is 0. The van der Waals surface area contributed by atoms with Crippen LogP contribution in [0.5, 0.6) is 5.75 Å². The van der Waals surface area contributed by atoms with Crippen LogP contribution in [0.4, 0.5) is 30.7 Å². The van der Waals surface area contributed by atoms with Crippen molar-refractivity contribution in [2.45, 2.75) is 6.36 Å². The number of benzene rings is 11. The summed E-state index contributed by atoms with van der Waals surface area (Å²) in [4.78, 5) is 0. The van der Waals surface area contributed by atoms with Crippen LogP contribution in [-0.4, -0.2) is 6.36 Å². The first-order chi connectivity index (χ1) is 30.5. The van der Waals surface area contributed by atoms with E-state index in [1.165, 1.54) is 24.3 Å². The fourth-order valence-electron chi connectivity index (χ4n) is 9.29. The van der Waals surface area contributed by atoms with Gasteiger partial charge >= 0.3 is 6.36 Å². The Kier molecular flexibility index (Phi) is 8.77. The Labute approximate surface area is 354 Å². The predicted octanol–water partition coefficient (Wildman–Crippen LogP) is 16.7. The van der Waals surface area contributed by atoms with E-state index >= 15 is 4.39 Å². The molecule has 0 heterocycles. The third kappa shape index (κ3) is 6.49. The molecule has 11 rings (SSSR count). The number of alkyl halides is 3. The van der Waals surface area contributed by atoms with Gasteiger partial charge in [0.05, 0.1) is 0 Å². The first kappa shape index (κ1) is 38.2. The minimum absolute atomic E-state index is 0.135. The molecule has 11 aromatic carbocycles. The van der Waals surface area contributed by atoms with E-state index in [4.69, 9.17) is 0 Å². The van der Waals surface area contributed by atoms with Crippen molar-refractivity contribution in [2.24, 2.45) is 0 Å². The molecule has 0 radical (unpaired) electrons. The van der Waals surface area contributed by atoms with Crippen LogP contribution in [0.25, 0.3) is 109 Å². The molecule has 0 spiro atoms. The van der Waals surface area contributed by atoms with Crippen LogP contribution in [0.2, 0.25) is 0 Å². The van der Waals surface area contributed by atoms with Crippen molar-refractivity contribution < 1.29 is 35.5 Å². The van der Waals surface area contributed by atoms with E-state index in [0.29, 0.717) is 21.9 Å². The molecule has 0 atom stereocenters. The zero-order chi connectivity index (χ0) is 43.1. The molecule has 304 valence electrons. The molecule has 0 aliphatic rings. The molecule has 0 aliphatic carbocycles. The summed E-state index contributed by atoms with van der Waals surface area (Å²) in [7, 11) is 0. The van der Waals surface area contributed by atoms with Crippen LogP contribution in [-0.2, 0) is 0 Å². The Hall–Kier alpha value is -7.71. The first-order valence-corrected chi connectivity index (χ1v) is 20.1. The highest BCUT2D eigenvalue weighted by Gasteiger charge is 2.31. The second kappa shape index (κ2) is 14.5. The Morgan fingerprint density at radius 2 is 0.794 bits per heavy atom. The van der Waals surface area contributed by atoms with E-state index in [2.05, 4.69) is 35.1 Å². The van der Waals surface area contributed by atoms with Crippen molar-refractivity contribution in [3.63, 3.8) is 0 Å². The number of rotatable bonds is 5. The van der Waals surface area contributed by atoms with E-state index in [-0.39, 0.29) is 11.3 Å². The fourth-order valence-corrected chi connectivity index (χ4v) is 9.29. The number of hydrogen-bond acceptors (Lipinski definition) is 1. The molecule has 63 heavy (non-hydrogen) atoms. The van der Waals surface area contributed by atoms with E-state index < -0.39 is 29.6 Å². The van der Waals surface area contributed by atoms with Crippen molar-refractivity contribution in [3.05, 3.63) is 199 Å². The lowest BCUT2D eigenvalue weighted by Crippen LogP contribution is -2.16. The highest BCUT2D eigenvalue weighted by atomic mass is 19.4. The number of ether oxygens (including phenoxy) is 1. The van der Waals surface area contributed by atoms with Crippen molar-refractivity contribution >= 4 is 64.6 Å². The number of halogens is 7. The normalized spacial score (nSPS) is 12.0. The molecule has 0 N–H and O–H groups in total. The van der Waals surface area contributed by atoms with Gasteiger partial charge in [-0.05, 0) is 170 Å². The third-order valence-corrected chi connectivity index (χ3v) is 12.0. The second-order valence-corrected chi connectivity index (χ2v) is 15.6. The lowest BCUT2D eigenvalue weighted by atomic mass is 9.81. The maximum absolute atomic E-state index is 15.1. The minimum Gasteiger partial charge on any atom is -0.406 e. The first-order valence-electron chi connectivity index (χ1n) is 20.1. The molecule has 0 saturated carbocycles. The Balaban J connectivity index is 1.32. The SMILES string of the molecule is Fc1ccc2c(c1)cc(-c1c3ccc(-c4ccc(OC(F)(F)F)cc4)cc3c(-c3cc4ccccc4c4ccccc34)c3ccc(-c4cc(F)c(F)c(F)c4)cc13)c1ccccc12. The summed E-state index contributed by atoms with van der Waals surface area (Å²) in [6.45, 7) is 0. The van der Waals surface area contributed by atoms with Crippen molar-refractivity contribution in [1.82, 2.24) is 0 Å². The van der Waals surface area contributed by atoms with E-state index in [1.54, 1.807) is 24.3 Å². The van der Waals surface area contributed by atoms with Gasteiger partial charge in [0.2, 0.25) is 0 Å². The van der Waals surface area contributed by atoms with E-state index in [0.717, 1.165) is 93.8 Å². The Morgan fingerprint density at radius 1 is 0.333 bits per heavy atom. The van der Waals surface area contributed by atoms with Crippen molar-refractivity contribution in [2.75, 3.05) is 0 Å². The highest BCUT2D eigenvalue weighted by Crippen LogP contribution is 2.50. The molecule has 0 unspecified atom stereocenters. The zero-order valence-electron chi connectivity index (χ0n) is 32.8. The van der Waals surface area contributed by atoms with Crippen LogP contribution < -0.4 is 4.74 Å². The number of hydrogen-bond donors (Lipinski definition) is 0. The van der Waals surface area contributed by atoms with Crippen LogP contribution in [0.15, 0.2) is 176 Å². The lowest BCUT2D eigenvalue weighted by molar-refractivity contribution is -0.274. The summed E-state index contributed by atoms with van der Waals surface area (Å²) in [5.41, 5.74) is 5.18. The van der Waals surface area contributed by atoms with Gasteiger partial charge in [0.25, 0.3) is 0 Å². The van der Waals surface area contributed by atoms with Crippen LogP contribution >= 0.6 is 0 Å². The molecular formula is C55H29F7O. The summed E-state index contributed by atoms with van der Waals surface area (Å²) < 4.78 is 103. The monoisotopic (exact) mass is 838 g/mol. The zero-order valence-corrected chi connectivity index (χ0v) is 32.8. The van der Waals surface area contributed by atoms with Crippen molar-refractivity contribution in [3.8, 4) is 50.3 Å². The molecule has 0 fully saturated rings. The molecule has 0 amide bonds. The molecule has 0 saturated heterocycles. The fraction of sp³-hybridized carbons (Fsp3) is 0.0182. The van der Waals surface area contributed by atoms with Crippen LogP contribution in [0, 0.1) is 23.3 Å². The maximum Gasteiger partial charge on any atom is 0.573 e. The maximum atomic E-state index is 15.1. The summed E-state index contributed by atoms with van der Waals surface area (Å²) in [6.07, 6.45) is -4.85. The molecule has 0 bridgehead atoms. The smallest absolute Gasteiger partial charge is 0.406 e. The summed E-state index contributed by atoms with van der Waals surface area (Å²) in [6, 6.07) is 51.9. The largest absolute Gasteiger partial charge is 0.573 e. The summed E-state index contributed by atoms with van der Waals surface area (Å²) in [5, 5.41) is 10.4. The van der Waals surface area contributed by atoms with Gasteiger partial charge in [-0.2, -0.15) is 0 Å². The Bertz CT molecular complexity index is 3660. The predicted molar refractivity (Wildman–Crippen MR) is 240 cm³/mol. The van der Waals surface area contributed by atoms with Gasteiger partial charge in [-0.1, -0.05) is 115 Å². The van der Waals surface area contributed by atoms with Crippen molar-refractivity contribution in [1.29, 1.82) is 0 Å². The highest BCUT2D eigenvalue weighted by molar-refractivity contribution is 6.29. The molecule has 0 aromatic heterocycles. The molecule has 8 heteroatoms. The standard InChI is InChI=1S/C55H29F7O/c56-36-17-22-39-35(23-36)27-47(43-12-6-4-10-41(39)43)53-44-20-15-31(30-13-18-37(19-14-30)63-55(60,61)62)24-48(44)52(46-26-33-7-1-2-8-38(33)40-9-3-5-11-42(40)46)45-21-16-32(25-49(45)53)34-28-50(57)54(59)51(58)29-34/h1-29H. The second-order valence-electron chi connectivity index (χ2n) is 15.6. The van der Waals surface area contributed by atoms with Crippen LogP contribution in [0.1, 0.15) is 0 Å². The van der Waals surface area contributed by atoms with Gasteiger partial charge in [0.15, 0.2) is 17.5 Å². The lowest BCUT2D eigenvalue weighted by Gasteiger charge is -2.22. The summed E-state index contributed by atoms with van der Waals surface area (Å²) in [5.74, 6) is -4.96. The van der Waals surface area contributed by atoms with Gasteiger partial charge < -0.3 is 4.74 Å². The quantitative estimate of drug-likeness (QED) is 0.0726. The van der Waals surface area contributed by atoms with E-state index in [9.17, 15) is 26.3 Å². The molecule has 1 nitrogen and oxygen atoms in total. The molecular weight excluding hydrogens is 810 g/mol. The van der Waals surface area contributed by atoms with Gasteiger partial charge in [-0.25, -0.2) is 17.6 Å². The van der Waals surface area contributed by atoms with Gasteiger partial charge in [-0.15, -0.1) is 13.2 Å².